The largest absolute Gasteiger partial charge is 0.465 e. The first-order chi connectivity index (χ1) is 7.68. The summed E-state index contributed by atoms with van der Waals surface area (Å²) in [4.78, 5) is 12.1. The first kappa shape index (κ1) is 13.5. The Hall–Kier alpha value is -0.570. The molecule has 0 amide bonds. The average Bonchev–Trinajstić information content (AvgIpc) is 2.30. The molecule has 16 heavy (non-hydrogen) atoms. The molecule has 0 radical (unpaired) electrons. The first-order valence-corrected chi connectivity index (χ1v) is 6.60. The van der Waals surface area contributed by atoms with Gasteiger partial charge in [0.1, 0.15) is 5.54 Å². The van der Waals surface area contributed by atoms with Gasteiger partial charge in [-0.05, 0) is 32.2 Å². The molecule has 2 atom stereocenters. The van der Waals surface area contributed by atoms with E-state index in [2.05, 4.69) is 19.2 Å². The zero-order chi connectivity index (χ0) is 12.0. The maximum atomic E-state index is 12.1. The number of carbonyl (C=O) groups is 1. The van der Waals surface area contributed by atoms with Crippen molar-refractivity contribution in [2.24, 2.45) is 5.92 Å². The summed E-state index contributed by atoms with van der Waals surface area (Å²) in [6.07, 6.45) is 5.41. The summed E-state index contributed by atoms with van der Waals surface area (Å²) in [5.74, 6) is 0.618. The average molecular weight is 227 g/mol. The van der Waals surface area contributed by atoms with Gasteiger partial charge in [-0.15, -0.1) is 0 Å². The molecule has 1 saturated carbocycles. The standard InChI is InChI=1S/C13H25NO2/c1-4-11-8-7-9-13(10-11,14-5-2)12(15)16-6-3/h11,14H,4-10H2,1-3H3. The molecule has 1 aliphatic carbocycles. The lowest BCUT2D eigenvalue weighted by atomic mass is 9.74. The van der Waals surface area contributed by atoms with Crippen LogP contribution in [-0.2, 0) is 9.53 Å². The van der Waals surface area contributed by atoms with Crippen LogP contribution in [0.5, 0.6) is 0 Å². The highest BCUT2D eigenvalue weighted by atomic mass is 16.5. The van der Waals surface area contributed by atoms with Gasteiger partial charge in [-0.3, -0.25) is 4.79 Å². The van der Waals surface area contributed by atoms with Crippen molar-refractivity contribution in [3.05, 3.63) is 0 Å². The van der Waals surface area contributed by atoms with E-state index < -0.39 is 5.54 Å². The van der Waals surface area contributed by atoms with E-state index in [9.17, 15) is 4.79 Å². The molecule has 0 bridgehead atoms. The molecule has 0 spiro atoms. The summed E-state index contributed by atoms with van der Waals surface area (Å²) < 4.78 is 5.23. The summed E-state index contributed by atoms with van der Waals surface area (Å²) in [5, 5.41) is 3.37. The van der Waals surface area contributed by atoms with E-state index in [0.717, 1.165) is 32.2 Å². The highest BCUT2D eigenvalue weighted by Gasteiger charge is 2.42. The lowest BCUT2D eigenvalue weighted by Gasteiger charge is -2.39. The molecule has 1 aliphatic rings. The Morgan fingerprint density at radius 1 is 1.44 bits per heavy atom. The summed E-state index contributed by atoms with van der Waals surface area (Å²) >= 11 is 0. The number of carbonyl (C=O) groups excluding carboxylic acids is 1. The van der Waals surface area contributed by atoms with Crippen LogP contribution in [0.4, 0.5) is 0 Å². The SMILES string of the molecule is CCNC1(C(=O)OCC)CCCC(CC)C1. The monoisotopic (exact) mass is 227 g/mol. The molecule has 1 N–H and O–H groups in total. The summed E-state index contributed by atoms with van der Waals surface area (Å²) in [6.45, 7) is 7.43. The Bertz CT molecular complexity index is 226. The van der Waals surface area contributed by atoms with Crippen molar-refractivity contribution in [1.82, 2.24) is 5.32 Å². The molecular formula is C13H25NO2. The number of esters is 1. The second kappa shape index (κ2) is 6.24. The molecule has 0 saturated heterocycles. The third-order valence-corrected chi connectivity index (χ3v) is 3.61. The molecule has 0 heterocycles. The van der Waals surface area contributed by atoms with E-state index in [1.165, 1.54) is 6.42 Å². The molecule has 3 heteroatoms. The predicted molar refractivity (Wildman–Crippen MR) is 65.3 cm³/mol. The summed E-state index contributed by atoms with van der Waals surface area (Å²) in [5.41, 5.74) is -0.399. The molecule has 3 nitrogen and oxygen atoms in total. The molecule has 1 fully saturated rings. The van der Waals surface area contributed by atoms with E-state index in [-0.39, 0.29) is 5.97 Å². The van der Waals surface area contributed by atoms with E-state index in [0.29, 0.717) is 12.5 Å². The Morgan fingerprint density at radius 2 is 2.19 bits per heavy atom. The zero-order valence-electron chi connectivity index (χ0n) is 10.8. The fourth-order valence-electron chi connectivity index (χ4n) is 2.76. The fraction of sp³-hybridized carbons (Fsp3) is 0.923. The highest BCUT2D eigenvalue weighted by Crippen LogP contribution is 2.35. The van der Waals surface area contributed by atoms with Crippen molar-refractivity contribution >= 4 is 5.97 Å². The molecular weight excluding hydrogens is 202 g/mol. The molecule has 0 aromatic rings. The third kappa shape index (κ3) is 2.97. The topological polar surface area (TPSA) is 38.3 Å². The van der Waals surface area contributed by atoms with Gasteiger partial charge in [0.2, 0.25) is 0 Å². The van der Waals surface area contributed by atoms with Crippen molar-refractivity contribution in [2.45, 2.75) is 58.4 Å². The zero-order valence-corrected chi connectivity index (χ0v) is 10.8. The van der Waals surface area contributed by atoms with Crippen LogP contribution in [0.2, 0.25) is 0 Å². The van der Waals surface area contributed by atoms with Gasteiger partial charge < -0.3 is 10.1 Å². The fourth-order valence-corrected chi connectivity index (χ4v) is 2.76. The number of likely N-dealkylation sites (N-methyl/N-ethyl adjacent to an activating group) is 1. The normalized spacial score (nSPS) is 30.1. The van der Waals surface area contributed by atoms with Gasteiger partial charge in [0.05, 0.1) is 6.61 Å². The van der Waals surface area contributed by atoms with Crippen molar-refractivity contribution in [2.75, 3.05) is 13.2 Å². The molecule has 0 aromatic carbocycles. The Kier molecular flexibility index (Phi) is 5.26. The van der Waals surface area contributed by atoms with Crippen LogP contribution in [0, 0.1) is 5.92 Å². The van der Waals surface area contributed by atoms with Gasteiger partial charge in [0, 0.05) is 0 Å². The van der Waals surface area contributed by atoms with Gasteiger partial charge in [0.15, 0.2) is 0 Å². The Labute approximate surface area is 98.9 Å². The van der Waals surface area contributed by atoms with E-state index in [4.69, 9.17) is 4.74 Å². The van der Waals surface area contributed by atoms with Gasteiger partial charge in [-0.1, -0.05) is 33.1 Å². The molecule has 2 unspecified atom stereocenters. The molecule has 0 aliphatic heterocycles. The van der Waals surface area contributed by atoms with Crippen LogP contribution in [-0.4, -0.2) is 24.7 Å². The maximum absolute atomic E-state index is 12.1. The molecule has 1 rings (SSSR count). The van der Waals surface area contributed by atoms with E-state index >= 15 is 0 Å². The number of nitrogens with one attached hydrogen (secondary N) is 1. The van der Waals surface area contributed by atoms with Crippen LogP contribution < -0.4 is 5.32 Å². The minimum atomic E-state index is -0.399. The second-order valence-electron chi connectivity index (χ2n) is 4.70. The van der Waals surface area contributed by atoms with Gasteiger partial charge in [0.25, 0.3) is 0 Å². The minimum Gasteiger partial charge on any atom is -0.465 e. The van der Waals surface area contributed by atoms with Gasteiger partial charge in [-0.25, -0.2) is 0 Å². The second-order valence-corrected chi connectivity index (χ2v) is 4.70. The number of hydrogen-bond donors (Lipinski definition) is 1. The van der Waals surface area contributed by atoms with E-state index in [1.54, 1.807) is 0 Å². The van der Waals surface area contributed by atoms with Crippen molar-refractivity contribution in [3.8, 4) is 0 Å². The maximum Gasteiger partial charge on any atom is 0.326 e. The van der Waals surface area contributed by atoms with Crippen LogP contribution in [0.25, 0.3) is 0 Å². The van der Waals surface area contributed by atoms with Crippen LogP contribution in [0.3, 0.4) is 0 Å². The van der Waals surface area contributed by atoms with Crippen LogP contribution in [0.15, 0.2) is 0 Å². The Morgan fingerprint density at radius 3 is 2.75 bits per heavy atom. The van der Waals surface area contributed by atoms with Gasteiger partial charge in [-0.2, -0.15) is 0 Å². The Balaban J connectivity index is 2.73. The quantitative estimate of drug-likeness (QED) is 0.733. The van der Waals surface area contributed by atoms with Crippen molar-refractivity contribution < 1.29 is 9.53 Å². The van der Waals surface area contributed by atoms with Gasteiger partial charge >= 0.3 is 5.97 Å². The van der Waals surface area contributed by atoms with Crippen LogP contribution in [0.1, 0.15) is 52.9 Å². The summed E-state index contributed by atoms with van der Waals surface area (Å²) in [6, 6.07) is 0. The minimum absolute atomic E-state index is 0.0463. The van der Waals surface area contributed by atoms with Crippen LogP contribution >= 0.6 is 0 Å². The molecule has 94 valence electrons. The third-order valence-electron chi connectivity index (χ3n) is 3.61. The highest BCUT2D eigenvalue weighted by molar-refractivity contribution is 5.81. The number of ether oxygens (including phenoxy) is 1. The number of hydrogen-bond acceptors (Lipinski definition) is 3. The summed E-state index contributed by atoms with van der Waals surface area (Å²) in [7, 11) is 0. The molecule has 0 aromatic heterocycles. The smallest absolute Gasteiger partial charge is 0.326 e. The lowest BCUT2D eigenvalue weighted by molar-refractivity contribution is -0.153. The van der Waals surface area contributed by atoms with E-state index in [1.807, 2.05) is 6.92 Å². The predicted octanol–water partition coefficient (Wildman–Crippen LogP) is 2.50. The van der Waals surface area contributed by atoms with Crippen molar-refractivity contribution in [3.63, 3.8) is 0 Å². The van der Waals surface area contributed by atoms with Crippen molar-refractivity contribution in [1.29, 1.82) is 0 Å². The number of rotatable bonds is 5. The first-order valence-electron chi connectivity index (χ1n) is 6.60. The lowest BCUT2D eigenvalue weighted by Crippen LogP contribution is -2.55.